The highest BCUT2D eigenvalue weighted by atomic mass is 35.5. The van der Waals surface area contributed by atoms with Crippen molar-refractivity contribution in [3.05, 3.63) is 86.4 Å². The van der Waals surface area contributed by atoms with Crippen LogP contribution in [0.3, 0.4) is 0 Å². The summed E-state index contributed by atoms with van der Waals surface area (Å²) in [6, 6.07) is 6.23. The molecule has 2 aromatic heterocycles. The van der Waals surface area contributed by atoms with E-state index in [1.807, 2.05) is 0 Å². The van der Waals surface area contributed by atoms with Crippen LogP contribution in [0.5, 0.6) is 0 Å². The molecule has 260 valence electrons. The molecule has 0 bridgehead atoms. The molecule has 8 N–H and O–H groups in total. The summed E-state index contributed by atoms with van der Waals surface area (Å²) in [4.78, 5) is 79.3. The number of carboxylic acids is 1. The number of nitrogens with two attached hydrogens (primary N) is 1. The highest BCUT2D eigenvalue weighted by molar-refractivity contribution is 7.70. The number of nitrogen functional groups attached to an aromatic ring is 1. The molecule has 0 radical (unpaired) electrons. The molecule has 0 atom stereocenters. The van der Waals surface area contributed by atoms with Crippen molar-refractivity contribution in [3.63, 3.8) is 0 Å². The summed E-state index contributed by atoms with van der Waals surface area (Å²) in [5.74, 6) is -6.82. The number of rotatable bonds is 9. The van der Waals surface area contributed by atoms with Crippen molar-refractivity contribution < 1.29 is 61.3 Å². The molecule has 49 heavy (non-hydrogen) atoms. The molecule has 3 heterocycles. The summed E-state index contributed by atoms with van der Waals surface area (Å²) in [7, 11) is -10.3. The quantitative estimate of drug-likeness (QED) is 0.121. The molecule has 22 heteroatoms. The van der Waals surface area contributed by atoms with Crippen molar-refractivity contribution in [1.82, 2.24) is 9.55 Å². The van der Waals surface area contributed by atoms with Gasteiger partial charge in [0.05, 0.1) is 34.7 Å². The van der Waals surface area contributed by atoms with Crippen LogP contribution < -0.4 is 21.4 Å². The number of anilines is 3. The van der Waals surface area contributed by atoms with Crippen molar-refractivity contribution in [2.75, 3.05) is 29.0 Å². The fourth-order valence-corrected chi connectivity index (χ4v) is 7.88. The average Bonchev–Trinajstić information content (AvgIpc) is 2.96. The first-order chi connectivity index (χ1) is 22.8. The van der Waals surface area contributed by atoms with Gasteiger partial charge in [-0.15, -0.1) is 0 Å². The van der Waals surface area contributed by atoms with E-state index >= 15 is 4.39 Å². The fraction of sp³-hybridized carbons (Fsp3) is 0.185. The van der Waals surface area contributed by atoms with Crippen molar-refractivity contribution in [2.45, 2.75) is 17.9 Å². The van der Waals surface area contributed by atoms with Crippen LogP contribution in [0.1, 0.15) is 15.9 Å². The Bertz CT molecular complexity index is 2150. The Morgan fingerprint density at radius 3 is 2.22 bits per heavy atom. The Morgan fingerprint density at radius 2 is 1.65 bits per heavy atom. The van der Waals surface area contributed by atoms with E-state index in [-0.39, 0.29) is 35.5 Å². The molecule has 0 spiro atoms. The Hall–Kier alpha value is -4.48. The van der Waals surface area contributed by atoms with Crippen LogP contribution in [-0.2, 0) is 20.3 Å². The molecule has 1 amide bonds. The third-order valence-corrected chi connectivity index (χ3v) is 11.5. The molecular weight excluding hydrogens is 725 g/mol. The van der Waals surface area contributed by atoms with Crippen LogP contribution in [0.4, 0.5) is 35.2 Å². The largest absolute Gasteiger partial charge is 0.477 e. The van der Waals surface area contributed by atoms with Gasteiger partial charge in [0.25, 0.3) is 0 Å². The Labute approximate surface area is 276 Å². The number of carbonyl (C=O) groups is 2. The van der Waals surface area contributed by atoms with Crippen LogP contribution in [-0.4, -0.2) is 70.9 Å². The Kier molecular flexibility index (Phi) is 9.57. The minimum atomic E-state index is -5.15. The highest BCUT2D eigenvalue weighted by Crippen LogP contribution is 2.60. The molecule has 1 saturated heterocycles. The van der Waals surface area contributed by atoms with Gasteiger partial charge in [0.15, 0.2) is 28.7 Å². The number of halogens is 4. The van der Waals surface area contributed by atoms with E-state index in [2.05, 4.69) is 10.3 Å². The molecule has 5 rings (SSSR count). The summed E-state index contributed by atoms with van der Waals surface area (Å²) in [6.45, 7) is -0.262. The number of fused-ring (bicyclic) bond motifs is 1. The maximum Gasteiger partial charge on any atom is 0.412 e. The number of ether oxygens (including phenoxy) is 1. The van der Waals surface area contributed by atoms with Crippen LogP contribution in [0.15, 0.2) is 47.4 Å². The lowest BCUT2D eigenvalue weighted by molar-refractivity contribution is 0.0694. The van der Waals surface area contributed by atoms with Crippen LogP contribution in [0, 0.1) is 17.5 Å². The molecule has 0 saturated carbocycles. The van der Waals surface area contributed by atoms with E-state index in [1.165, 1.54) is 29.2 Å². The lowest BCUT2D eigenvalue weighted by atomic mass is 10.1. The summed E-state index contributed by atoms with van der Waals surface area (Å²) in [5, 5.41) is 8.64. The normalized spacial score (nSPS) is 13.9. The number of nitrogens with one attached hydrogen (secondary N) is 1. The van der Waals surface area contributed by atoms with Gasteiger partial charge in [-0.05, 0) is 30.2 Å². The Morgan fingerprint density at radius 1 is 1.04 bits per heavy atom. The first-order valence-corrected chi connectivity index (χ1v) is 17.3. The van der Waals surface area contributed by atoms with Crippen LogP contribution >= 0.6 is 26.8 Å². The van der Waals surface area contributed by atoms with E-state index in [0.29, 0.717) is 18.3 Å². The van der Waals surface area contributed by atoms with Gasteiger partial charge in [-0.25, -0.2) is 27.7 Å². The maximum atomic E-state index is 15.4. The number of amides is 1. The lowest BCUT2D eigenvalue weighted by Gasteiger charge is -2.40. The second-order valence-corrected chi connectivity index (χ2v) is 15.1. The van der Waals surface area contributed by atoms with Crippen molar-refractivity contribution in [1.29, 1.82) is 0 Å². The van der Waals surface area contributed by atoms with Gasteiger partial charge in [0, 0.05) is 18.0 Å². The van der Waals surface area contributed by atoms with Gasteiger partial charge in [-0.1, -0.05) is 23.7 Å². The Balaban J connectivity index is 1.34. The molecule has 0 aliphatic carbocycles. The van der Waals surface area contributed by atoms with Crippen LogP contribution in [0.25, 0.3) is 16.7 Å². The number of hydrogen-bond donors (Lipinski definition) is 7. The smallest absolute Gasteiger partial charge is 0.412 e. The molecule has 2 aromatic carbocycles. The average molecular weight is 748 g/mol. The van der Waals surface area contributed by atoms with Gasteiger partial charge in [0.2, 0.25) is 5.43 Å². The number of pyridine rings is 2. The predicted octanol–water partition coefficient (Wildman–Crippen LogP) is 3.40. The van der Waals surface area contributed by atoms with Gasteiger partial charge >= 0.3 is 27.3 Å². The predicted molar refractivity (Wildman–Crippen MR) is 168 cm³/mol. The third-order valence-electron chi connectivity index (χ3n) is 7.39. The van der Waals surface area contributed by atoms with E-state index in [9.17, 15) is 57.0 Å². The number of hydrogen-bond acceptors (Lipinski definition) is 9. The van der Waals surface area contributed by atoms with Crippen molar-refractivity contribution in [3.8, 4) is 5.82 Å². The second-order valence-electron chi connectivity index (χ2n) is 10.7. The molecule has 0 unspecified atom stereocenters. The van der Waals surface area contributed by atoms with Crippen molar-refractivity contribution >= 4 is 67.0 Å². The zero-order valence-corrected chi connectivity index (χ0v) is 26.9. The molecule has 16 nitrogen and oxygen atoms in total. The van der Waals surface area contributed by atoms with Gasteiger partial charge in [-0.3, -0.25) is 23.8 Å². The van der Waals surface area contributed by atoms with Crippen LogP contribution in [0.2, 0.25) is 5.02 Å². The van der Waals surface area contributed by atoms with E-state index in [4.69, 9.17) is 22.1 Å². The molecule has 4 aromatic rings. The number of aromatic nitrogens is 2. The minimum Gasteiger partial charge on any atom is -0.477 e. The molecular formula is C27H23ClF3N5O11P2. The maximum absolute atomic E-state index is 15.4. The lowest BCUT2D eigenvalue weighted by Crippen LogP contribution is -2.54. The van der Waals surface area contributed by atoms with E-state index in [0.717, 1.165) is 4.57 Å². The third kappa shape index (κ3) is 7.28. The topological polar surface area (TPSA) is 255 Å². The zero-order chi connectivity index (χ0) is 36.2. The number of aromatic carboxylic acids is 1. The molecule has 1 aliphatic heterocycles. The summed E-state index contributed by atoms with van der Waals surface area (Å²) < 4.78 is 73.2. The zero-order valence-electron chi connectivity index (χ0n) is 24.3. The van der Waals surface area contributed by atoms with Crippen molar-refractivity contribution in [2.24, 2.45) is 0 Å². The molecule has 1 aliphatic rings. The van der Waals surface area contributed by atoms with E-state index < -0.39 is 95.7 Å². The first-order valence-electron chi connectivity index (χ1n) is 13.6. The van der Waals surface area contributed by atoms with Gasteiger partial charge in [0.1, 0.15) is 17.5 Å². The van der Waals surface area contributed by atoms with E-state index in [1.54, 1.807) is 0 Å². The fourth-order valence-electron chi connectivity index (χ4n) is 5.02. The number of benzene rings is 2. The summed E-state index contributed by atoms with van der Waals surface area (Å²) >= 11 is 6.54. The van der Waals surface area contributed by atoms with Gasteiger partial charge in [-0.2, -0.15) is 0 Å². The number of nitrogens with zero attached hydrogens (tertiary/aromatic N) is 3. The monoisotopic (exact) mass is 747 g/mol. The number of carbonyl (C=O) groups excluding carboxylic acids is 1. The standard InChI is InChI=1S/C27H23ClF3N5O11P2/c28-20-21-14(23(37)15(26(38)39)10-36(21)25-18(31)7-17(30)24(32)34-25)6-16(29)22(20)35-8-13(9-35)47-27(40)33-12-3-1-11(2-4-12)5-19(48(41,42)43)49(44,45)46/h1-4,6-7,10,13,19H,5,8-9H2,(H2,32,34)(H,33,40)(H,38,39)(H2,41,42,43)(H2,44,45,46). The summed E-state index contributed by atoms with van der Waals surface area (Å²) in [5.41, 5.74) is 3.05. The summed E-state index contributed by atoms with van der Waals surface area (Å²) in [6.07, 6.45) is -1.75. The first kappa shape index (κ1) is 35.8. The minimum absolute atomic E-state index is 0.131. The number of carboxylic acid groups (broad SMARTS) is 1. The second kappa shape index (κ2) is 13.1. The van der Waals surface area contributed by atoms with Gasteiger partial charge < -0.3 is 40.1 Å². The SMILES string of the molecule is Nc1nc(-n2cc(C(=O)O)c(=O)c3cc(F)c(N4CC(OC(=O)Nc5ccc(CC(P(=O)(O)O)P(=O)(O)O)cc5)C4)c(Cl)c32)c(F)cc1F. The highest BCUT2D eigenvalue weighted by Gasteiger charge is 2.43. The molecule has 1 fully saturated rings.